The largest absolute Gasteiger partial charge is 0.453 e. The van der Waals surface area contributed by atoms with Gasteiger partial charge < -0.3 is 35.8 Å². The van der Waals surface area contributed by atoms with Crippen molar-refractivity contribution in [3.63, 3.8) is 0 Å². The average Bonchev–Trinajstić information content (AvgIpc) is 3.46. The van der Waals surface area contributed by atoms with Crippen LogP contribution in [0.25, 0.3) is 0 Å². The smallest absolute Gasteiger partial charge is 0.407 e. The van der Waals surface area contributed by atoms with E-state index in [1.54, 1.807) is 42.0 Å². The normalized spacial score (nSPS) is 17.6. The molecule has 0 saturated carbocycles. The molecule has 306 valence electrons. The van der Waals surface area contributed by atoms with Gasteiger partial charge in [-0.2, -0.15) is 0 Å². The Hall–Kier alpha value is -4.27. The van der Waals surface area contributed by atoms with Crippen LogP contribution in [0.4, 0.5) is 9.59 Å². The summed E-state index contributed by atoms with van der Waals surface area (Å²) in [6.07, 6.45) is -0.194. The van der Waals surface area contributed by atoms with Crippen LogP contribution >= 0.6 is 0 Å². The number of urea groups is 1. The predicted octanol–water partition coefficient (Wildman–Crippen LogP) is 4.10. The Morgan fingerprint density at radius 1 is 1.02 bits per heavy atom. The SMILES string of the molecule is CCC(C)C(C(=O)NC(Cc1ccccc1)C(O)CN(CCC(C)C)NC(=O)C(NC(=O)OC)C(C)(C)C)C1CNC(=O)N1Cc1cccc(C(C)(C)O)n1. The third-order valence-electron chi connectivity index (χ3n) is 10.2. The number of carbonyl (C=O) groups excluding carboxylic acids is 4. The van der Waals surface area contributed by atoms with Crippen molar-refractivity contribution in [2.24, 2.45) is 23.2 Å². The summed E-state index contributed by atoms with van der Waals surface area (Å²) in [5.41, 5.74) is 3.06. The second kappa shape index (κ2) is 20.1. The molecule has 14 heteroatoms. The average molecular weight is 768 g/mol. The molecule has 1 aromatic heterocycles. The summed E-state index contributed by atoms with van der Waals surface area (Å²) in [7, 11) is 1.23. The van der Waals surface area contributed by atoms with E-state index in [4.69, 9.17) is 4.74 Å². The zero-order valence-electron chi connectivity index (χ0n) is 34.4. The summed E-state index contributed by atoms with van der Waals surface area (Å²) >= 11 is 0. The molecule has 1 fully saturated rings. The van der Waals surface area contributed by atoms with Crippen molar-refractivity contribution in [3.8, 4) is 0 Å². The lowest BCUT2D eigenvalue weighted by atomic mass is 9.83. The zero-order chi connectivity index (χ0) is 41.1. The third-order valence-corrected chi connectivity index (χ3v) is 10.2. The number of hydrogen-bond acceptors (Lipinski definition) is 9. The lowest BCUT2D eigenvalue weighted by Gasteiger charge is -2.36. The molecular weight excluding hydrogens is 702 g/mol. The van der Waals surface area contributed by atoms with Crippen LogP contribution in [0.5, 0.6) is 0 Å². The zero-order valence-corrected chi connectivity index (χ0v) is 34.4. The van der Waals surface area contributed by atoms with Crippen LogP contribution in [0.3, 0.4) is 0 Å². The van der Waals surface area contributed by atoms with Gasteiger partial charge in [0.1, 0.15) is 11.6 Å². The van der Waals surface area contributed by atoms with E-state index in [9.17, 15) is 29.4 Å². The number of pyridine rings is 1. The second-order valence-electron chi connectivity index (χ2n) is 16.8. The highest BCUT2D eigenvalue weighted by Crippen LogP contribution is 2.28. The van der Waals surface area contributed by atoms with Gasteiger partial charge in [-0.05, 0) is 61.6 Å². The standard InChI is InChI=1S/C41H65N7O7/c1-11-27(4)34(31-23-42-38(52)48(31)24-29-18-15-19-33(43-29)41(8,9)54)36(50)44-30(22-28-16-13-12-14-17-28)32(49)25-47(21-20-26(2)3)46-37(51)35(40(5,6)7)45-39(53)55-10/h12-19,26-27,30-32,34-35,49,54H,11,20-25H2,1-10H3,(H,42,52)(H,44,50)(H,45,53)(H,46,51). The van der Waals surface area contributed by atoms with Crippen LogP contribution in [0, 0.1) is 23.2 Å². The van der Waals surface area contributed by atoms with Gasteiger partial charge in [-0.1, -0.05) is 91.3 Å². The van der Waals surface area contributed by atoms with Crippen molar-refractivity contribution < 1.29 is 34.1 Å². The van der Waals surface area contributed by atoms with E-state index in [1.807, 2.05) is 65.0 Å². The predicted molar refractivity (Wildman–Crippen MR) is 211 cm³/mol. The monoisotopic (exact) mass is 767 g/mol. The number of aromatic nitrogens is 1. The Bertz CT molecular complexity index is 1560. The van der Waals surface area contributed by atoms with Gasteiger partial charge in [0.05, 0.1) is 49.1 Å². The molecule has 1 saturated heterocycles. The Kier molecular flexibility index (Phi) is 16.5. The van der Waals surface area contributed by atoms with E-state index < -0.39 is 53.2 Å². The number of ether oxygens (including phenoxy) is 1. The third kappa shape index (κ3) is 13.5. The second-order valence-corrected chi connectivity index (χ2v) is 16.8. The van der Waals surface area contributed by atoms with Gasteiger partial charge in [0.15, 0.2) is 0 Å². The first-order valence-corrected chi connectivity index (χ1v) is 19.4. The maximum absolute atomic E-state index is 14.6. The van der Waals surface area contributed by atoms with Crippen LogP contribution in [-0.4, -0.2) is 100 Å². The minimum absolute atomic E-state index is 0.0157. The molecule has 0 bridgehead atoms. The van der Waals surface area contributed by atoms with Crippen LogP contribution < -0.4 is 21.4 Å². The number of methoxy groups -OCH3 is 1. The van der Waals surface area contributed by atoms with Crippen molar-refractivity contribution in [2.75, 3.05) is 26.7 Å². The van der Waals surface area contributed by atoms with Gasteiger partial charge in [0.2, 0.25) is 5.91 Å². The minimum atomic E-state index is -1.17. The summed E-state index contributed by atoms with van der Waals surface area (Å²) in [6, 6.07) is 12.3. The molecule has 0 aliphatic carbocycles. The van der Waals surface area contributed by atoms with E-state index in [1.165, 1.54) is 7.11 Å². The van der Waals surface area contributed by atoms with Gasteiger partial charge in [-0.3, -0.25) is 20.0 Å². The number of hydrazine groups is 1. The molecule has 6 unspecified atom stereocenters. The van der Waals surface area contributed by atoms with E-state index in [0.29, 0.717) is 37.2 Å². The highest BCUT2D eigenvalue weighted by molar-refractivity contribution is 5.86. The lowest BCUT2D eigenvalue weighted by Crippen LogP contribution is -2.60. The van der Waals surface area contributed by atoms with E-state index >= 15 is 0 Å². The van der Waals surface area contributed by atoms with Gasteiger partial charge in [-0.25, -0.2) is 14.6 Å². The van der Waals surface area contributed by atoms with Crippen molar-refractivity contribution in [2.45, 2.75) is 118 Å². The molecule has 55 heavy (non-hydrogen) atoms. The Balaban J connectivity index is 1.93. The van der Waals surface area contributed by atoms with Gasteiger partial charge in [0, 0.05) is 19.6 Å². The van der Waals surface area contributed by atoms with Crippen molar-refractivity contribution in [3.05, 3.63) is 65.5 Å². The number of benzene rings is 1. The minimum Gasteiger partial charge on any atom is -0.453 e. The molecule has 5 amide bonds. The van der Waals surface area contributed by atoms with Crippen LogP contribution in [0.1, 0.15) is 92.1 Å². The fourth-order valence-corrected chi connectivity index (χ4v) is 6.68. The molecule has 6 N–H and O–H groups in total. The highest BCUT2D eigenvalue weighted by atomic mass is 16.5. The van der Waals surface area contributed by atoms with Crippen molar-refractivity contribution in [1.82, 2.24) is 36.3 Å². The molecule has 0 spiro atoms. The number of rotatable bonds is 19. The Morgan fingerprint density at radius 2 is 1.69 bits per heavy atom. The summed E-state index contributed by atoms with van der Waals surface area (Å²) in [5.74, 6) is -1.25. The molecule has 14 nitrogen and oxygen atoms in total. The number of carbonyl (C=O) groups is 4. The van der Waals surface area contributed by atoms with E-state index in [-0.39, 0.29) is 43.4 Å². The van der Waals surface area contributed by atoms with Gasteiger partial charge >= 0.3 is 12.1 Å². The van der Waals surface area contributed by atoms with Crippen molar-refractivity contribution in [1.29, 1.82) is 0 Å². The number of nitrogens with zero attached hydrogens (tertiary/aromatic N) is 3. The topological polar surface area (TPSA) is 185 Å². The molecule has 2 aromatic rings. The number of nitrogens with one attached hydrogen (secondary N) is 4. The first-order chi connectivity index (χ1) is 25.7. The highest BCUT2D eigenvalue weighted by Gasteiger charge is 2.43. The quantitative estimate of drug-likeness (QED) is 0.115. The van der Waals surface area contributed by atoms with E-state index in [2.05, 4.69) is 40.2 Å². The van der Waals surface area contributed by atoms with E-state index in [0.717, 1.165) is 5.56 Å². The molecule has 6 atom stereocenters. The number of aliphatic hydroxyl groups excluding tert-OH is 1. The lowest BCUT2D eigenvalue weighted by molar-refractivity contribution is -0.133. The Morgan fingerprint density at radius 3 is 2.27 bits per heavy atom. The summed E-state index contributed by atoms with van der Waals surface area (Å²) in [6.45, 7) is 17.7. The van der Waals surface area contributed by atoms with Gasteiger partial charge in [-0.15, -0.1) is 0 Å². The number of aliphatic hydroxyl groups is 2. The van der Waals surface area contributed by atoms with Crippen molar-refractivity contribution >= 4 is 23.9 Å². The molecule has 0 radical (unpaired) electrons. The molecule has 2 heterocycles. The number of amides is 5. The van der Waals surface area contributed by atoms with Gasteiger partial charge in [0.25, 0.3) is 5.91 Å². The van der Waals surface area contributed by atoms with Crippen LogP contribution in [-0.2, 0) is 32.9 Å². The van der Waals surface area contributed by atoms with Crippen LogP contribution in [0.15, 0.2) is 48.5 Å². The molecule has 3 rings (SSSR count). The number of hydrogen-bond donors (Lipinski definition) is 6. The summed E-state index contributed by atoms with van der Waals surface area (Å²) in [4.78, 5) is 59.9. The first-order valence-electron chi connectivity index (χ1n) is 19.4. The fourth-order valence-electron chi connectivity index (χ4n) is 6.68. The Labute approximate surface area is 327 Å². The molecular formula is C41H65N7O7. The summed E-state index contributed by atoms with van der Waals surface area (Å²) in [5, 5.41) is 32.9. The molecule has 1 aliphatic heterocycles. The summed E-state index contributed by atoms with van der Waals surface area (Å²) < 4.78 is 4.78. The molecule has 1 aromatic carbocycles. The number of alkyl carbamates (subject to hydrolysis) is 1. The maximum Gasteiger partial charge on any atom is 0.407 e. The first kappa shape index (κ1) is 45.1. The molecule has 1 aliphatic rings. The maximum atomic E-state index is 14.6. The van der Waals surface area contributed by atoms with Crippen LogP contribution in [0.2, 0.25) is 0 Å². The fraction of sp³-hybridized carbons (Fsp3) is 0.634.